The molecule has 1 atom stereocenters. The number of rotatable bonds is 7. The summed E-state index contributed by atoms with van der Waals surface area (Å²) in [4.78, 5) is 17.6. The average molecular weight is 398 g/mol. The van der Waals surface area contributed by atoms with Crippen LogP contribution >= 0.6 is 0 Å². The molecule has 3 rings (SSSR count). The van der Waals surface area contributed by atoms with Gasteiger partial charge >= 0.3 is 0 Å². The van der Waals surface area contributed by atoms with Crippen LogP contribution in [0, 0.1) is 20.8 Å². The molecule has 1 fully saturated rings. The molecule has 6 heteroatoms. The predicted octanol–water partition coefficient (Wildman–Crippen LogP) is 2.48. The van der Waals surface area contributed by atoms with E-state index in [2.05, 4.69) is 55.1 Å². The van der Waals surface area contributed by atoms with Crippen molar-refractivity contribution in [2.75, 3.05) is 39.8 Å². The Morgan fingerprint density at radius 1 is 1.14 bits per heavy atom. The van der Waals surface area contributed by atoms with Crippen molar-refractivity contribution < 1.29 is 4.79 Å². The normalized spacial score (nSPS) is 16.7. The molecule has 0 bridgehead atoms. The van der Waals surface area contributed by atoms with E-state index in [0.29, 0.717) is 6.42 Å². The summed E-state index contributed by atoms with van der Waals surface area (Å²) >= 11 is 0. The predicted molar refractivity (Wildman–Crippen MR) is 118 cm³/mol. The van der Waals surface area contributed by atoms with E-state index in [1.54, 1.807) is 0 Å². The molecule has 1 N–H and O–H groups in total. The fraction of sp³-hybridized carbons (Fsp3) is 0.565. The van der Waals surface area contributed by atoms with Gasteiger partial charge in [-0.3, -0.25) is 9.69 Å². The average Bonchev–Trinajstić information content (AvgIpc) is 2.97. The van der Waals surface area contributed by atoms with Crippen molar-refractivity contribution in [2.45, 2.75) is 46.6 Å². The number of para-hydroxylation sites is 1. The van der Waals surface area contributed by atoms with E-state index < -0.39 is 0 Å². The third-order valence-corrected chi connectivity index (χ3v) is 6.05. The molecule has 6 nitrogen and oxygen atoms in total. The van der Waals surface area contributed by atoms with Crippen LogP contribution in [0.15, 0.2) is 24.3 Å². The van der Waals surface area contributed by atoms with Gasteiger partial charge in [0.05, 0.1) is 17.8 Å². The molecule has 0 unspecified atom stereocenters. The van der Waals surface area contributed by atoms with Gasteiger partial charge in [-0.2, -0.15) is 5.10 Å². The van der Waals surface area contributed by atoms with Crippen molar-refractivity contribution in [2.24, 2.45) is 0 Å². The van der Waals surface area contributed by atoms with E-state index in [-0.39, 0.29) is 11.9 Å². The van der Waals surface area contributed by atoms with Gasteiger partial charge in [0.15, 0.2) is 0 Å². The number of amides is 1. The fourth-order valence-corrected chi connectivity index (χ4v) is 4.02. The van der Waals surface area contributed by atoms with Crippen molar-refractivity contribution in [3.8, 4) is 5.69 Å². The van der Waals surface area contributed by atoms with Crippen LogP contribution in [0.3, 0.4) is 0 Å². The smallest absolute Gasteiger partial charge is 0.224 e. The zero-order valence-electron chi connectivity index (χ0n) is 18.5. The number of benzene rings is 1. The Morgan fingerprint density at radius 2 is 1.83 bits per heavy atom. The Hall–Kier alpha value is -2.18. The zero-order chi connectivity index (χ0) is 21.0. The molecule has 0 spiro atoms. The fourth-order valence-electron chi connectivity index (χ4n) is 4.02. The topological polar surface area (TPSA) is 53.4 Å². The minimum atomic E-state index is 0.0847. The summed E-state index contributed by atoms with van der Waals surface area (Å²) < 4.78 is 1.97. The minimum absolute atomic E-state index is 0.0847. The number of aryl methyl sites for hydroxylation is 2. The molecule has 0 aliphatic carbocycles. The second-order valence-electron chi connectivity index (χ2n) is 8.30. The maximum atomic E-state index is 12.8. The number of carbonyl (C=O) groups excluding carboxylic acids is 1. The summed E-state index contributed by atoms with van der Waals surface area (Å²) in [6, 6.07) is 8.40. The first-order valence-electron chi connectivity index (χ1n) is 10.7. The van der Waals surface area contributed by atoms with Gasteiger partial charge in [-0.15, -0.1) is 0 Å². The minimum Gasteiger partial charge on any atom is -0.352 e. The molecule has 29 heavy (non-hydrogen) atoms. The summed E-state index contributed by atoms with van der Waals surface area (Å²) in [6.45, 7) is 13.5. The highest BCUT2D eigenvalue weighted by atomic mass is 16.1. The Morgan fingerprint density at radius 3 is 2.48 bits per heavy atom. The van der Waals surface area contributed by atoms with Crippen LogP contribution in [0.1, 0.15) is 35.9 Å². The Bertz CT molecular complexity index is 836. The van der Waals surface area contributed by atoms with E-state index in [4.69, 9.17) is 5.10 Å². The number of nitrogens with one attached hydrogen (secondary N) is 1. The molecular weight excluding hydrogens is 362 g/mol. The molecule has 1 saturated heterocycles. The first-order chi connectivity index (χ1) is 13.9. The summed E-state index contributed by atoms with van der Waals surface area (Å²) in [7, 11) is 2.16. The van der Waals surface area contributed by atoms with Crippen molar-refractivity contribution in [1.29, 1.82) is 0 Å². The molecular formula is C23H35N5O. The van der Waals surface area contributed by atoms with Gasteiger partial charge in [0.2, 0.25) is 5.91 Å². The van der Waals surface area contributed by atoms with Gasteiger partial charge in [0, 0.05) is 50.0 Å². The van der Waals surface area contributed by atoms with Crippen LogP contribution in [-0.2, 0) is 11.2 Å². The van der Waals surface area contributed by atoms with E-state index in [0.717, 1.165) is 61.8 Å². The van der Waals surface area contributed by atoms with Gasteiger partial charge < -0.3 is 10.2 Å². The molecule has 1 aliphatic heterocycles. The lowest BCUT2D eigenvalue weighted by molar-refractivity contribution is -0.121. The number of hydrogen-bond acceptors (Lipinski definition) is 4. The summed E-state index contributed by atoms with van der Waals surface area (Å²) in [6.07, 6.45) is 1.32. The second kappa shape index (κ2) is 9.55. The third-order valence-electron chi connectivity index (χ3n) is 6.05. The Labute approximate surface area is 174 Å². The highest BCUT2D eigenvalue weighted by Crippen LogP contribution is 2.21. The number of nitrogens with zero attached hydrogens (tertiary/aromatic N) is 4. The van der Waals surface area contributed by atoms with Gasteiger partial charge in [-0.05, 0) is 45.9 Å². The highest BCUT2D eigenvalue weighted by Gasteiger charge is 2.21. The van der Waals surface area contributed by atoms with Crippen LogP contribution in [0.2, 0.25) is 0 Å². The second-order valence-corrected chi connectivity index (χ2v) is 8.30. The Balaban J connectivity index is 1.65. The van der Waals surface area contributed by atoms with Gasteiger partial charge in [-0.25, -0.2) is 4.68 Å². The van der Waals surface area contributed by atoms with Crippen molar-refractivity contribution in [3.63, 3.8) is 0 Å². The van der Waals surface area contributed by atoms with Gasteiger partial charge in [-0.1, -0.05) is 25.1 Å². The van der Waals surface area contributed by atoms with Crippen LogP contribution < -0.4 is 5.32 Å². The molecule has 1 aromatic carbocycles. The van der Waals surface area contributed by atoms with E-state index in [1.165, 1.54) is 5.56 Å². The zero-order valence-corrected chi connectivity index (χ0v) is 18.5. The molecule has 1 aromatic heterocycles. The highest BCUT2D eigenvalue weighted by molar-refractivity contribution is 5.79. The van der Waals surface area contributed by atoms with Crippen LogP contribution in [0.4, 0.5) is 0 Å². The summed E-state index contributed by atoms with van der Waals surface area (Å²) in [5.74, 6) is 0.0847. The first kappa shape index (κ1) is 21.5. The Kier molecular flexibility index (Phi) is 7.09. The van der Waals surface area contributed by atoms with E-state index in [9.17, 15) is 4.79 Å². The molecule has 2 heterocycles. The number of carbonyl (C=O) groups is 1. The van der Waals surface area contributed by atoms with Crippen LogP contribution in [0.5, 0.6) is 0 Å². The molecule has 0 radical (unpaired) electrons. The van der Waals surface area contributed by atoms with E-state index in [1.807, 2.05) is 23.7 Å². The maximum Gasteiger partial charge on any atom is 0.224 e. The summed E-state index contributed by atoms with van der Waals surface area (Å²) in [5.41, 5.74) is 5.24. The number of hydrogen-bond donors (Lipinski definition) is 1. The first-order valence-corrected chi connectivity index (χ1v) is 10.7. The lowest BCUT2D eigenvalue weighted by Crippen LogP contribution is -2.50. The molecule has 1 aliphatic rings. The SMILES string of the molecule is CC[C@@H](CN1CCN(C)CC1)NC(=O)Cc1c(C)nn(-c2ccccc2C)c1C. The molecule has 158 valence electrons. The number of likely N-dealkylation sites (N-methyl/N-ethyl adjacent to an activating group) is 1. The maximum absolute atomic E-state index is 12.8. The molecule has 2 aromatic rings. The third kappa shape index (κ3) is 5.25. The summed E-state index contributed by atoms with van der Waals surface area (Å²) in [5, 5.41) is 7.98. The number of piperazine rings is 1. The standard InChI is InChI=1S/C23H35N5O/c1-6-20(16-27-13-11-26(5)12-14-27)24-23(29)15-21-18(3)25-28(19(21)4)22-10-8-7-9-17(22)2/h7-10,20H,6,11-16H2,1-5H3,(H,24,29)/t20-/m0/s1. The van der Waals surface area contributed by atoms with Crippen LogP contribution in [-0.4, -0.2) is 71.3 Å². The van der Waals surface area contributed by atoms with Crippen molar-refractivity contribution in [3.05, 3.63) is 46.8 Å². The van der Waals surface area contributed by atoms with Crippen molar-refractivity contribution in [1.82, 2.24) is 24.9 Å². The lowest BCUT2D eigenvalue weighted by Gasteiger charge is -2.34. The monoisotopic (exact) mass is 397 g/mol. The molecule has 0 saturated carbocycles. The van der Waals surface area contributed by atoms with Crippen molar-refractivity contribution >= 4 is 5.91 Å². The quantitative estimate of drug-likeness (QED) is 0.780. The largest absolute Gasteiger partial charge is 0.352 e. The number of aromatic nitrogens is 2. The van der Waals surface area contributed by atoms with Gasteiger partial charge in [0.1, 0.15) is 0 Å². The van der Waals surface area contributed by atoms with Crippen LogP contribution in [0.25, 0.3) is 5.69 Å². The van der Waals surface area contributed by atoms with E-state index >= 15 is 0 Å². The lowest BCUT2D eigenvalue weighted by atomic mass is 10.1. The van der Waals surface area contributed by atoms with Gasteiger partial charge in [0.25, 0.3) is 0 Å². The molecule has 1 amide bonds.